The standard InChI is InChI=1S/C16H30N2O3/c1-11-14(9-10-20-11)17-12-5-7-13(8-6-12)18-15(19)21-16(2,3)4/h11-14,17H,5-10H2,1-4H3,(H,18,19). The van der Waals surface area contributed by atoms with Gasteiger partial charge in [-0.05, 0) is 59.8 Å². The highest BCUT2D eigenvalue weighted by molar-refractivity contribution is 5.68. The zero-order valence-corrected chi connectivity index (χ0v) is 13.8. The van der Waals surface area contributed by atoms with E-state index in [0.717, 1.165) is 38.7 Å². The maximum Gasteiger partial charge on any atom is 0.407 e. The molecule has 1 aliphatic heterocycles. The van der Waals surface area contributed by atoms with Crippen molar-refractivity contribution in [2.45, 2.75) is 89.6 Å². The van der Waals surface area contributed by atoms with Crippen LogP contribution in [0.2, 0.25) is 0 Å². The molecule has 0 aromatic rings. The second-order valence-electron chi connectivity index (χ2n) is 7.33. The molecule has 1 saturated carbocycles. The van der Waals surface area contributed by atoms with Gasteiger partial charge in [0, 0.05) is 24.7 Å². The lowest BCUT2D eigenvalue weighted by Gasteiger charge is -2.32. The van der Waals surface area contributed by atoms with Gasteiger partial charge in [0.2, 0.25) is 0 Å². The highest BCUT2D eigenvalue weighted by Crippen LogP contribution is 2.22. The molecule has 1 heterocycles. The number of alkyl carbamates (subject to hydrolysis) is 1. The lowest BCUT2D eigenvalue weighted by molar-refractivity contribution is 0.0488. The predicted octanol–water partition coefficient (Wildman–Crippen LogP) is 2.59. The van der Waals surface area contributed by atoms with E-state index < -0.39 is 5.60 Å². The van der Waals surface area contributed by atoms with Gasteiger partial charge in [-0.25, -0.2) is 4.79 Å². The summed E-state index contributed by atoms with van der Waals surface area (Å²) in [7, 11) is 0. The summed E-state index contributed by atoms with van der Waals surface area (Å²) in [4.78, 5) is 11.8. The molecule has 2 atom stereocenters. The van der Waals surface area contributed by atoms with Gasteiger partial charge >= 0.3 is 6.09 Å². The van der Waals surface area contributed by atoms with E-state index >= 15 is 0 Å². The fraction of sp³-hybridized carbons (Fsp3) is 0.938. The molecule has 2 N–H and O–H groups in total. The Balaban J connectivity index is 1.67. The van der Waals surface area contributed by atoms with Crippen molar-refractivity contribution in [2.24, 2.45) is 0 Å². The van der Waals surface area contributed by atoms with Crippen molar-refractivity contribution in [2.75, 3.05) is 6.61 Å². The van der Waals surface area contributed by atoms with Crippen LogP contribution in [0.25, 0.3) is 0 Å². The Hall–Kier alpha value is -0.810. The maximum atomic E-state index is 11.8. The molecule has 0 bridgehead atoms. The minimum absolute atomic E-state index is 0.246. The van der Waals surface area contributed by atoms with E-state index in [2.05, 4.69) is 17.6 Å². The first-order chi connectivity index (χ1) is 9.83. The average Bonchev–Trinajstić information content (AvgIpc) is 2.75. The van der Waals surface area contributed by atoms with Crippen molar-refractivity contribution >= 4 is 6.09 Å². The Morgan fingerprint density at radius 1 is 1.10 bits per heavy atom. The molecule has 0 spiro atoms. The molecule has 1 saturated heterocycles. The molecule has 2 fully saturated rings. The molecule has 1 amide bonds. The lowest BCUT2D eigenvalue weighted by Crippen LogP contribution is -2.47. The summed E-state index contributed by atoms with van der Waals surface area (Å²) in [6.07, 6.45) is 5.36. The van der Waals surface area contributed by atoms with Crippen LogP contribution in [0.5, 0.6) is 0 Å². The van der Waals surface area contributed by atoms with Gasteiger partial charge in [0.05, 0.1) is 6.10 Å². The molecule has 0 aromatic carbocycles. The smallest absolute Gasteiger partial charge is 0.407 e. The molecule has 0 aromatic heterocycles. The highest BCUT2D eigenvalue weighted by Gasteiger charge is 2.29. The van der Waals surface area contributed by atoms with Crippen LogP contribution in [0.4, 0.5) is 4.79 Å². The average molecular weight is 298 g/mol. The van der Waals surface area contributed by atoms with Gasteiger partial charge in [-0.1, -0.05) is 0 Å². The van der Waals surface area contributed by atoms with Gasteiger partial charge < -0.3 is 20.1 Å². The number of amides is 1. The third-order valence-electron chi connectivity index (χ3n) is 4.27. The Labute approximate surface area is 128 Å². The molecule has 5 nitrogen and oxygen atoms in total. The molecule has 2 rings (SSSR count). The summed E-state index contributed by atoms with van der Waals surface area (Å²) in [6.45, 7) is 8.67. The number of carbonyl (C=O) groups is 1. The monoisotopic (exact) mass is 298 g/mol. The molecule has 21 heavy (non-hydrogen) atoms. The van der Waals surface area contributed by atoms with Gasteiger partial charge in [-0.3, -0.25) is 0 Å². The van der Waals surface area contributed by atoms with Crippen LogP contribution in [0.15, 0.2) is 0 Å². The van der Waals surface area contributed by atoms with E-state index in [0.29, 0.717) is 18.2 Å². The fourth-order valence-electron chi connectivity index (χ4n) is 3.13. The summed E-state index contributed by atoms with van der Waals surface area (Å²) in [5, 5.41) is 6.70. The number of hydrogen-bond donors (Lipinski definition) is 2. The van der Waals surface area contributed by atoms with Crippen LogP contribution in [0, 0.1) is 0 Å². The fourth-order valence-corrected chi connectivity index (χ4v) is 3.13. The Morgan fingerprint density at radius 2 is 1.71 bits per heavy atom. The molecular weight excluding hydrogens is 268 g/mol. The lowest BCUT2D eigenvalue weighted by atomic mass is 9.90. The SMILES string of the molecule is CC1OCCC1NC1CCC(NC(=O)OC(C)(C)C)CC1. The first-order valence-electron chi connectivity index (χ1n) is 8.20. The Morgan fingerprint density at radius 3 is 2.24 bits per heavy atom. The predicted molar refractivity (Wildman–Crippen MR) is 82.4 cm³/mol. The molecule has 2 unspecified atom stereocenters. The van der Waals surface area contributed by atoms with Crippen LogP contribution < -0.4 is 10.6 Å². The normalized spacial score (nSPS) is 33.7. The van der Waals surface area contributed by atoms with E-state index in [-0.39, 0.29) is 12.1 Å². The van der Waals surface area contributed by atoms with Crippen molar-refractivity contribution in [1.29, 1.82) is 0 Å². The third kappa shape index (κ3) is 5.47. The molecule has 0 radical (unpaired) electrons. The zero-order valence-electron chi connectivity index (χ0n) is 13.8. The zero-order chi connectivity index (χ0) is 15.5. The maximum absolute atomic E-state index is 11.8. The van der Waals surface area contributed by atoms with Crippen molar-refractivity contribution in [3.63, 3.8) is 0 Å². The second-order valence-corrected chi connectivity index (χ2v) is 7.33. The number of carbonyl (C=O) groups excluding carboxylic acids is 1. The molecule has 1 aliphatic carbocycles. The molecule has 5 heteroatoms. The Bertz CT molecular complexity index is 346. The van der Waals surface area contributed by atoms with Gasteiger partial charge in [0.15, 0.2) is 0 Å². The summed E-state index contributed by atoms with van der Waals surface area (Å²) in [5.74, 6) is 0. The van der Waals surface area contributed by atoms with Crippen molar-refractivity contribution in [1.82, 2.24) is 10.6 Å². The molecule has 2 aliphatic rings. The summed E-state index contributed by atoms with van der Waals surface area (Å²) in [6, 6.07) is 1.29. The first-order valence-corrected chi connectivity index (χ1v) is 8.20. The number of rotatable bonds is 3. The van der Waals surface area contributed by atoms with E-state index in [4.69, 9.17) is 9.47 Å². The van der Waals surface area contributed by atoms with E-state index in [1.807, 2.05) is 20.8 Å². The van der Waals surface area contributed by atoms with E-state index in [1.54, 1.807) is 0 Å². The summed E-state index contributed by atoms with van der Waals surface area (Å²) in [5.41, 5.74) is -0.429. The van der Waals surface area contributed by atoms with Crippen LogP contribution in [-0.4, -0.2) is 42.5 Å². The summed E-state index contributed by atoms with van der Waals surface area (Å²) >= 11 is 0. The van der Waals surface area contributed by atoms with Crippen molar-refractivity contribution < 1.29 is 14.3 Å². The van der Waals surface area contributed by atoms with Gasteiger partial charge in [0.25, 0.3) is 0 Å². The van der Waals surface area contributed by atoms with E-state index in [9.17, 15) is 4.79 Å². The van der Waals surface area contributed by atoms with Crippen LogP contribution in [0.1, 0.15) is 59.8 Å². The highest BCUT2D eigenvalue weighted by atomic mass is 16.6. The third-order valence-corrected chi connectivity index (χ3v) is 4.27. The van der Waals surface area contributed by atoms with Crippen LogP contribution in [-0.2, 0) is 9.47 Å². The second kappa shape index (κ2) is 6.97. The number of nitrogens with one attached hydrogen (secondary N) is 2. The first kappa shape index (κ1) is 16.6. The quantitative estimate of drug-likeness (QED) is 0.841. The minimum atomic E-state index is -0.429. The minimum Gasteiger partial charge on any atom is -0.444 e. The van der Waals surface area contributed by atoms with Crippen LogP contribution >= 0.6 is 0 Å². The summed E-state index contributed by atoms with van der Waals surface area (Å²) < 4.78 is 10.9. The number of ether oxygens (including phenoxy) is 2. The van der Waals surface area contributed by atoms with Gasteiger partial charge in [-0.2, -0.15) is 0 Å². The number of hydrogen-bond acceptors (Lipinski definition) is 4. The van der Waals surface area contributed by atoms with Crippen molar-refractivity contribution in [3.8, 4) is 0 Å². The van der Waals surface area contributed by atoms with Gasteiger partial charge in [0.1, 0.15) is 5.60 Å². The van der Waals surface area contributed by atoms with Crippen molar-refractivity contribution in [3.05, 3.63) is 0 Å². The van der Waals surface area contributed by atoms with E-state index in [1.165, 1.54) is 0 Å². The Kier molecular flexibility index (Phi) is 5.49. The molecule has 122 valence electrons. The van der Waals surface area contributed by atoms with Crippen LogP contribution in [0.3, 0.4) is 0 Å². The largest absolute Gasteiger partial charge is 0.444 e. The van der Waals surface area contributed by atoms with Gasteiger partial charge in [-0.15, -0.1) is 0 Å². The molecular formula is C16H30N2O3. The topological polar surface area (TPSA) is 59.6 Å².